The molecule has 0 spiro atoms. The van der Waals surface area contributed by atoms with Gasteiger partial charge in [0.05, 0.1) is 23.8 Å². The van der Waals surface area contributed by atoms with E-state index >= 15 is 0 Å². The average molecular weight is 296 g/mol. The van der Waals surface area contributed by atoms with Crippen molar-refractivity contribution in [2.45, 2.75) is 13.0 Å². The molecule has 0 aliphatic carbocycles. The minimum Gasteiger partial charge on any atom is -0.496 e. The van der Waals surface area contributed by atoms with Gasteiger partial charge in [-0.2, -0.15) is 5.10 Å². The molecule has 2 N–H and O–H groups in total. The summed E-state index contributed by atoms with van der Waals surface area (Å²) in [5, 5.41) is 4.26. The standard InChI is InChI=1S/C12H14BrN3O/c1-8(16-12(14)10(13)7-15-16)9-5-3-4-6-11(9)17-2/h3-8H,14H2,1-2H3. The predicted molar refractivity (Wildman–Crippen MR) is 71.1 cm³/mol. The molecule has 1 unspecified atom stereocenters. The molecule has 1 heterocycles. The molecule has 1 aromatic carbocycles. The highest BCUT2D eigenvalue weighted by atomic mass is 79.9. The predicted octanol–water partition coefficient (Wildman–Crippen LogP) is 2.85. The lowest BCUT2D eigenvalue weighted by molar-refractivity contribution is 0.401. The molecular formula is C12H14BrN3O. The molecule has 4 nitrogen and oxygen atoms in total. The van der Waals surface area contributed by atoms with E-state index < -0.39 is 0 Å². The van der Waals surface area contributed by atoms with Gasteiger partial charge < -0.3 is 10.5 Å². The van der Waals surface area contributed by atoms with Crippen LogP contribution >= 0.6 is 15.9 Å². The van der Waals surface area contributed by atoms with Crippen molar-refractivity contribution in [3.8, 4) is 5.75 Å². The number of nitrogens with zero attached hydrogens (tertiary/aromatic N) is 2. The summed E-state index contributed by atoms with van der Waals surface area (Å²) in [6, 6.07) is 7.89. The van der Waals surface area contributed by atoms with Gasteiger partial charge in [-0.15, -0.1) is 0 Å². The molecule has 17 heavy (non-hydrogen) atoms. The number of ether oxygens (including phenoxy) is 1. The van der Waals surface area contributed by atoms with E-state index in [9.17, 15) is 0 Å². The fraction of sp³-hybridized carbons (Fsp3) is 0.250. The summed E-state index contributed by atoms with van der Waals surface area (Å²) < 4.78 is 7.91. The highest BCUT2D eigenvalue weighted by Crippen LogP contribution is 2.30. The fourth-order valence-corrected chi connectivity index (χ4v) is 2.08. The largest absolute Gasteiger partial charge is 0.496 e. The molecular weight excluding hydrogens is 282 g/mol. The second-order valence-corrected chi connectivity index (χ2v) is 4.59. The molecule has 1 atom stereocenters. The van der Waals surface area contributed by atoms with Gasteiger partial charge in [-0.1, -0.05) is 18.2 Å². The fourth-order valence-electron chi connectivity index (χ4n) is 1.80. The van der Waals surface area contributed by atoms with Gasteiger partial charge in [0.15, 0.2) is 0 Å². The number of hydrogen-bond acceptors (Lipinski definition) is 3. The van der Waals surface area contributed by atoms with Gasteiger partial charge >= 0.3 is 0 Å². The van der Waals surface area contributed by atoms with Crippen LogP contribution in [-0.4, -0.2) is 16.9 Å². The molecule has 0 saturated heterocycles. The summed E-state index contributed by atoms with van der Waals surface area (Å²) in [4.78, 5) is 0. The Bertz CT molecular complexity index is 524. The lowest BCUT2D eigenvalue weighted by Crippen LogP contribution is -2.12. The van der Waals surface area contributed by atoms with Crippen LogP contribution in [0.25, 0.3) is 0 Å². The minimum absolute atomic E-state index is 0.0254. The van der Waals surface area contributed by atoms with E-state index in [1.807, 2.05) is 31.2 Å². The third-order valence-electron chi connectivity index (χ3n) is 2.74. The zero-order chi connectivity index (χ0) is 12.4. The van der Waals surface area contributed by atoms with E-state index in [1.165, 1.54) is 0 Å². The number of nitrogen functional groups attached to an aromatic ring is 1. The van der Waals surface area contributed by atoms with Crippen molar-refractivity contribution in [3.05, 3.63) is 40.5 Å². The van der Waals surface area contributed by atoms with E-state index in [1.54, 1.807) is 18.0 Å². The number of halogens is 1. The molecule has 2 rings (SSSR count). The van der Waals surface area contributed by atoms with Crippen LogP contribution < -0.4 is 10.5 Å². The lowest BCUT2D eigenvalue weighted by atomic mass is 10.1. The molecule has 0 fully saturated rings. The third-order valence-corrected chi connectivity index (χ3v) is 3.35. The second-order valence-electron chi connectivity index (χ2n) is 3.74. The van der Waals surface area contributed by atoms with Crippen LogP contribution in [-0.2, 0) is 0 Å². The summed E-state index contributed by atoms with van der Waals surface area (Å²) in [5.41, 5.74) is 7.00. The number of benzene rings is 1. The molecule has 90 valence electrons. The van der Waals surface area contributed by atoms with Crippen molar-refractivity contribution in [2.75, 3.05) is 12.8 Å². The lowest BCUT2D eigenvalue weighted by Gasteiger charge is -2.17. The van der Waals surface area contributed by atoms with E-state index in [0.717, 1.165) is 15.8 Å². The van der Waals surface area contributed by atoms with Crippen LogP contribution in [0.3, 0.4) is 0 Å². The van der Waals surface area contributed by atoms with Gasteiger partial charge in [-0.3, -0.25) is 0 Å². The van der Waals surface area contributed by atoms with Crippen molar-refractivity contribution in [1.82, 2.24) is 9.78 Å². The Hall–Kier alpha value is -1.49. The molecule has 2 aromatic rings. The highest BCUT2D eigenvalue weighted by molar-refractivity contribution is 9.10. The number of methoxy groups -OCH3 is 1. The molecule has 0 amide bonds. The summed E-state index contributed by atoms with van der Waals surface area (Å²) in [7, 11) is 1.66. The van der Waals surface area contributed by atoms with E-state index in [-0.39, 0.29) is 6.04 Å². The second kappa shape index (κ2) is 4.79. The summed E-state index contributed by atoms with van der Waals surface area (Å²) in [5.74, 6) is 1.45. The number of para-hydroxylation sites is 1. The molecule has 0 aliphatic rings. The van der Waals surface area contributed by atoms with E-state index in [2.05, 4.69) is 21.0 Å². The molecule has 5 heteroatoms. The zero-order valence-electron chi connectivity index (χ0n) is 9.72. The van der Waals surface area contributed by atoms with Crippen molar-refractivity contribution >= 4 is 21.7 Å². The van der Waals surface area contributed by atoms with Crippen LogP contribution in [0, 0.1) is 0 Å². The van der Waals surface area contributed by atoms with Crippen LogP contribution in [0.2, 0.25) is 0 Å². The van der Waals surface area contributed by atoms with E-state index in [0.29, 0.717) is 5.82 Å². The van der Waals surface area contributed by atoms with Gasteiger partial charge in [0.1, 0.15) is 11.6 Å². The number of hydrogen-bond donors (Lipinski definition) is 1. The van der Waals surface area contributed by atoms with Gasteiger partial charge in [0, 0.05) is 5.56 Å². The maximum absolute atomic E-state index is 5.95. The van der Waals surface area contributed by atoms with Crippen molar-refractivity contribution in [1.29, 1.82) is 0 Å². The SMILES string of the molecule is COc1ccccc1C(C)n1ncc(Br)c1N. The first-order valence-electron chi connectivity index (χ1n) is 5.26. The Kier molecular flexibility index (Phi) is 3.38. The van der Waals surface area contributed by atoms with Gasteiger partial charge in [-0.05, 0) is 28.9 Å². The minimum atomic E-state index is 0.0254. The topological polar surface area (TPSA) is 53.1 Å². The molecule has 0 radical (unpaired) electrons. The van der Waals surface area contributed by atoms with Gasteiger partial charge in [0.25, 0.3) is 0 Å². The Morgan fingerprint density at radius 1 is 1.41 bits per heavy atom. The Labute approximate surface area is 109 Å². The maximum Gasteiger partial charge on any atom is 0.136 e. The maximum atomic E-state index is 5.95. The van der Waals surface area contributed by atoms with Gasteiger partial charge in [-0.25, -0.2) is 4.68 Å². The molecule has 0 aliphatic heterocycles. The first kappa shape index (κ1) is 12.0. The smallest absolute Gasteiger partial charge is 0.136 e. The first-order chi connectivity index (χ1) is 8.15. The Balaban J connectivity index is 2.43. The summed E-state index contributed by atoms with van der Waals surface area (Å²) in [6.07, 6.45) is 1.70. The van der Waals surface area contributed by atoms with Crippen LogP contribution in [0.15, 0.2) is 34.9 Å². The van der Waals surface area contributed by atoms with Crippen LogP contribution in [0.5, 0.6) is 5.75 Å². The molecule has 0 saturated carbocycles. The monoisotopic (exact) mass is 295 g/mol. The van der Waals surface area contributed by atoms with Crippen LogP contribution in [0.4, 0.5) is 5.82 Å². The third kappa shape index (κ3) is 2.15. The zero-order valence-corrected chi connectivity index (χ0v) is 11.3. The molecule has 0 bridgehead atoms. The summed E-state index contributed by atoms with van der Waals surface area (Å²) in [6.45, 7) is 2.04. The molecule has 1 aromatic heterocycles. The Morgan fingerprint density at radius 2 is 2.12 bits per heavy atom. The van der Waals surface area contributed by atoms with Crippen molar-refractivity contribution < 1.29 is 4.74 Å². The van der Waals surface area contributed by atoms with Crippen molar-refractivity contribution in [3.63, 3.8) is 0 Å². The van der Waals surface area contributed by atoms with Crippen molar-refractivity contribution in [2.24, 2.45) is 0 Å². The summed E-state index contributed by atoms with van der Waals surface area (Å²) >= 11 is 3.35. The number of nitrogens with two attached hydrogens (primary N) is 1. The number of rotatable bonds is 3. The normalized spacial score (nSPS) is 12.4. The first-order valence-corrected chi connectivity index (χ1v) is 6.06. The quantitative estimate of drug-likeness (QED) is 0.947. The Morgan fingerprint density at radius 3 is 2.71 bits per heavy atom. The van der Waals surface area contributed by atoms with E-state index in [4.69, 9.17) is 10.5 Å². The highest BCUT2D eigenvalue weighted by Gasteiger charge is 2.16. The number of aromatic nitrogens is 2. The van der Waals surface area contributed by atoms with Crippen LogP contribution in [0.1, 0.15) is 18.5 Å². The average Bonchev–Trinajstić information content (AvgIpc) is 2.69. The number of anilines is 1. The van der Waals surface area contributed by atoms with Gasteiger partial charge in [0.2, 0.25) is 0 Å².